The first kappa shape index (κ1) is 28.8. The summed E-state index contributed by atoms with van der Waals surface area (Å²) in [6, 6.07) is 10.8. The minimum absolute atomic E-state index is 0.0673. The van der Waals surface area contributed by atoms with E-state index in [9.17, 15) is 18.0 Å². The van der Waals surface area contributed by atoms with E-state index in [2.05, 4.69) is 25.6 Å². The van der Waals surface area contributed by atoms with Crippen LogP contribution in [0, 0.1) is 6.92 Å². The number of hydrogen-bond donors (Lipinski definition) is 2. The lowest BCUT2D eigenvalue weighted by atomic mass is 10.0. The summed E-state index contributed by atoms with van der Waals surface area (Å²) in [5, 5.41) is 12.1. The van der Waals surface area contributed by atoms with Crippen LogP contribution in [0.15, 0.2) is 61.1 Å². The first-order chi connectivity index (χ1) is 19.9. The molecule has 2 N–H and O–H groups in total. The molecule has 218 valence electrons. The van der Waals surface area contributed by atoms with E-state index in [-0.39, 0.29) is 29.6 Å². The van der Waals surface area contributed by atoms with Gasteiger partial charge < -0.3 is 15.0 Å². The molecule has 3 aromatic heterocycles. The molecule has 5 rings (SSSR count). The van der Waals surface area contributed by atoms with Gasteiger partial charge in [-0.3, -0.25) is 9.69 Å². The number of pyridine rings is 1. The van der Waals surface area contributed by atoms with Gasteiger partial charge in [0, 0.05) is 47.1 Å². The lowest BCUT2D eigenvalue weighted by Gasteiger charge is -2.24. The second kappa shape index (κ2) is 11.3. The van der Waals surface area contributed by atoms with Crippen LogP contribution in [-0.2, 0) is 12.7 Å². The van der Waals surface area contributed by atoms with Crippen LogP contribution < -0.4 is 10.1 Å². The van der Waals surface area contributed by atoms with E-state index >= 15 is 0 Å². The number of aromatic nitrogens is 5. The predicted octanol–water partition coefficient (Wildman–Crippen LogP) is 6.24. The molecule has 5 aromatic rings. The average Bonchev–Trinajstić information content (AvgIpc) is 3.62. The van der Waals surface area contributed by atoms with E-state index < -0.39 is 17.6 Å². The molecular formula is C30H30F3N7O2. The SMILES string of the molecule is COc1c(CN(C)C(C)C)cc(C(F)(F)F)cc1NC(=O)c1ccc(C)c(-n2cc(-c3cnc4[nH]ccc4c3)nn2)c1. The molecule has 0 saturated heterocycles. The molecule has 9 nitrogen and oxygen atoms in total. The number of rotatable bonds is 8. The van der Waals surface area contributed by atoms with Crippen molar-refractivity contribution in [1.29, 1.82) is 0 Å². The second-order valence-electron chi connectivity index (χ2n) is 10.4. The summed E-state index contributed by atoms with van der Waals surface area (Å²) in [5.41, 5.74) is 3.12. The van der Waals surface area contributed by atoms with Crippen LogP contribution in [0.25, 0.3) is 28.0 Å². The third-order valence-electron chi connectivity index (χ3n) is 7.15. The van der Waals surface area contributed by atoms with E-state index in [1.807, 2.05) is 37.8 Å². The molecular weight excluding hydrogens is 547 g/mol. The van der Waals surface area contributed by atoms with E-state index in [1.165, 1.54) is 7.11 Å². The standard InChI is InChI=1S/C30H30F3N7O2/c1-17(2)39(4)15-22-11-23(30(31,32)33)13-24(27(22)42-5)36-29(41)20-7-6-18(3)26(12-20)40-16-25(37-38-40)21-10-19-8-9-34-28(19)35-14-21/h6-14,16-17H,15H2,1-5H3,(H,34,35)(H,36,41). The number of ether oxygens (including phenoxy) is 1. The number of methoxy groups -OCH3 is 1. The zero-order valence-electron chi connectivity index (χ0n) is 23.7. The summed E-state index contributed by atoms with van der Waals surface area (Å²) < 4.78 is 48.5. The second-order valence-corrected chi connectivity index (χ2v) is 10.4. The number of nitrogens with zero attached hydrogens (tertiary/aromatic N) is 5. The van der Waals surface area contributed by atoms with Gasteiger partial charge in [-0.05, 0) is 69.8 Å². The van der Waals surface area contributed by atoms with Crippen LogP contribution in [0.1, 0.15) is 40.9 Å². The molecule has 12 heteroatoms. The van der Waals surface area contributed by atoms with Crippen LogP contribution in [0.2, 0.25) is 0 Å². The fraction of sp³-hybridized carbons (Fsp3) is 0.267. The molecule has 0 unspecified atom stereocenters. The normalized spacial score (nSPS) is 12.0. The minimum Gasteiger partial charge on any atom is -0.494 e. The van der Waals surface area contributed by atoms with Gasteiger partial charge in [0.05, 0.1) is 30.2 Å². The molecule has 0 bridgehead atoms. The number of nitrogens with one attached hydrogen (secondary N) is 2. The van der Waals surface area contributed by atoms with Crippen molar-refractivity contribution >= 4 is 22.6 Å². The van der Waals surface area contributed by atoms with Gasteiger partial charge in [-0.15, -0.1) is 5.10 Å². The smallest absolute Gasteiger partial charge is 0.416 e. The molecule has 42 heavy (non-hydrogen) atoms. The van der Waals surface area contributed by atoms with Gasteiger partial charge >= 0.3 is 6.18 Å². The number of hydrogen-bond acceptors (Lipinski definition) is 6. The van der Waals surface area contributed by atoms with Gasteiger partial charge in [-0.25, -0.2) is 9.67 Å². The van der Waals surface area contributed by atoms with E-state index in [0.717, 1.165) is 34.3 Å². The van der Waals surface area contributed by atoms with Crippen molar-refractivity contribution in [3.8, 4) is 22.7 Å². The van der Waals surface area contributed by atoms with Crippen LogP contribution in [0.3, 0.4) is 0 Å². The van der Waals surface area contributed by atoms with Crippen molar-refractivity contribution in [2.24, 2.45) is 0 Å². The molecule has 0 saturated carbocycles. The zero-order valence-corrected chi connectivity index (χ0v) is 23.7. The van der Waals surface area contributed by atoms with E-state index in [0.29, 0.717) is 16.9 Å². The Kier molecular flexibility index (Phi) is 7.74. The number of carbonyl (C=O) groups excluding carboxylic acids is 1. The Morgan fingerprint density at radius 3 is 2.67 bits per heavy atom. The highest BCUT2D eigenvalue weighted by Gasteiger charge is 2.33. The van der Waals surface area contributed by atoms with E-state index in [4.69, 9.17) is 4.74 Å². The minimum atomic E-state index is -4.61. The Morgan fingerprint density at radius 1 is 1.17 bits per heavy atom. The van der Waals surface area contributed by atoms with Crippen LogP contribution in [-0.4, -0.2) is 56.0 Å². The predicted molar refractivity (Wildman–Crippen MR) is 154 cm³/mol. The first-order valence-corrected chi connectivity index (χ1v) is 13.2. The van der Waals surface area contributed by atoms with Crippen LogP contribution in [0.4, 0.5) is 18.9 Å². The summed E-state index contributed by atoms with van der Waals surface area (Å²) >= 11 is 0. The van der Waals surface area contributed by atoms with Gasteiger partial charge in [-0.1, -0.05) is 11.3 Å². The Hall–Kier alpha value is -4.71. The quantitative estimate of drug-likeness (QED) is 0.227. The molecule has 0 aliphatic heterocycles. The number of carbonyl (C=O) groups is 1. The maximum atomic E-state index is 13.8. The van der Waals surface area contributed by atoms with Gasteiger partial charge in [0.25, 0.3) is 5.91 Å². The van der Waals surface area contributed by atoms with Gasteiger partial charge in [-0.2, -0.15) is 13.2 Å². The van der Waals surface area contributed by atoms with Crippen LogP contribution >= 0.6 is 0 Å². The molecule has 0 aliphatic rings. The number of halogens is 3. The third-order valence-corrected chi connectivity index (χ3v) is 7.15. The van der Waals surface area contributed by atoms with Crippen molar-refractivity contribution in [1.82, 2.24) is 29.9 Å². The molecule has 0 radical (unpaired) electrons. The summed E-state index contributed by atoms with van der Waals surface area (Å²) in [4.78, 5) is 22.7. The third kappa shape index (κ3) is 5.84. The monoisotopic (exact) mass is 577 g/mol. The average molecular weight is 578 g/mol. The lowest BCUT2D eigenvalue weighted by Crippen LogP contribution is -2.26. The number of anilines is 1. The number of aromatic amines is 1. The number of H-pyrrole nitrogens is 1. The highest BCUT2D eigenvalue weighted by molar-refractivity contribution is 6.05. The maximum Gasteiger partial charge on any atom is 0.416 e. The fourth-order valence-corrected chi connectivity index (χ4v) is 4.54. The topological polar surface area (TPSA) is 101 Å². The number of alkyl halides is 3. The molecule has 0 spiro atoms. The summed E-state index contributed by atoms with van der Waals surface area (Å²) in [6.07, 6.45) is 0.615. The number of fused-ring (bicyclic) bond motifs is 1. The van der Waals surface area contributed by atoms with Crippen LogP contribution in [0.5, 0.6) is 5.75 Å². The largest absolute Gasteiger partial charge is 0.494 e. The van der Waals surface area contributed by atoms with Crippen molar-refractivity contribution in [2.75, 3.05) is 19.5 Å². The van der Waals surface area contributed by atoms with Gasteiger partial charge in [0.2, 0.25) is 0 Å². The molecule has 2 aromatic carbocycles. The van der Waals surface area contributed by atoms with Gasteiger partial charge in [0.15, 0.2) is 0 Å². The molecule has 1 amide bonds. The van der Waals surface area contributed by atoms with Crippen molar-refractivity contribution < 1.29 is 22.7 Å². The molecule has 0 fully saturated rings. The van der Waals surface area contributed by atoms with Crippen molar-refractivity contribution in [3.63, 3.8) is 0 Å². The summed E-state index contributed by atoms with van der Waals surface area (Å²) in [6.45, 7) is 5.93. The molecule has 3 heterocycles. The van der Waals surface area contributed by atoms with E-state index in [1.54, 1.807) is 48.5 Å². The summed E-state index contributed by atoms with van der Waals surface area (Å²) in [5.74, 6) is -0.426. The molecule has 0 atom stereocenters. The fourth-order valence-electron chi connectivity index (χ4n) is 4.54. The van der Waals surface area contributed by atoms with Gasteiger partial charge in [0.1, 0.15) is 17.1 Å². The lowest BCUT2D eigenvalue weighted by molar-refractivity contribution is -0.137. The maximum absolute atomic E-state index is 13.8. The highest BCUT2D eigenvalue weighted by Crippen LogP contribution is 2.39. The Labute approximate surface area is 240 Å². The zero-order chi connectivity index (χ0) is 30.2. The number of amides is 1. The number of aryl methyl sites for hydroxylation is 1. The first-order valence-electron chi connectivity index (χ1n) is 13.2. The Morgan fingerprint density at radius 2 is 1.95 bits per heavy atom. The Balaban J connectivity index is 1.46. The highest BCUT2D eigenvalue weighted by atomic mass is 19.4. The molecule has 0 aliphatic carbocycles. The van der Waals surface area contributed by atoms with Crippen molar-refractivity contribution in [3.05, 3.63) is 83.3 Å². The Bertz CT molecular complexity index is 1760. The number of benzene rings is 2. The summed E-state index contributed by atoms with van der Waals surface area (Å²) in [7, 11) is 3.17. The van der Waals surface area contributed by atoms with Crippen molar-refractivity contribution in [2.45, 2.75) is 39.5 Å².